The molecule has 124 valence electrons. The minimum Gasteiger partial charge on any atom is -0.483 e. The number of hydrogen-bond donors (Lipinski definition) is 0. The van der Waals surface area contributed by atoms with Gasteiger partial charge >= 0.3 is 0 Å². The summed E-state index contributed by atoms with van der Waals surface area (Å²) in [6.45, 7) is 6.32. The lowest BCUT2D eigenvalue weighted by Gasteiger charge is -2.34. The summed E-state index contributed by atoms with van der Waals surface area (Å²) in [5, 5.41) is 0. The molecule has 1 aliphatic heterocycles. The van der Waals surface area contributed by atoms with E-state index in [9.17, 15) is 0 Å². The SMILES string of the molecule is COC1=N[C@@](C)(Cc2ccc3c(c2)CC3)C(OC)=N[C@@H]1C(C)C. The summed E-state index contributed by atoms with van der Waals surface area (Å²) < 4.78 is 11.1. The zero-order valence-corrected chi connectivity index (χ0v) is 14.7. The third-order valence-electron chi connectivity index (χ3n) is 4.84. The second-order valence-corrected chi connectivity index (χ2v) is 7.04. The highest BCUT2D eigenvalue weighted by Crippen LogP contribution is 2.30. The van der Waals surface area contributed by atoms with Gasteiger partial charge in [-0.15, -0.1) is 0 Å². The molecule has 2 aliphatic rings. The topological polar surface area (TPSA) is 43.2 Å². The summed E-state index contributed by atoms with van der Waals surface area (Å²) in [7, 11) is 3.35. The molecule has 4 heteroatoms. The van der Waals surface area contributed by atoms with Crippen LogP contribution in [0.25, 0.3) is 0 Å². The van der Waals surface area contributed by atoms with E-state index in [4.69, 9.17) is 19.5 Å². The monoisotopic (exact) mass is 314 g/mol. The van der Waals surface area contributed by atoms with Crippen LogP contribution >= 0.6 is 0 Å². The van der Waals surface area contributed by atoms with Gasteiger partial charge in [0.25, 0.3) is 0 Å². The standard InChI is InChI=1S/C19H26N2O2/c1-12(2)16-17(22-4)21-19(3,18(20-16)23-5)11-13-6-7-14-8-9-15(14)10-13/h6-7,10,12,16H,8-9,11H2,1-5H3/t16-,19+/m1/s1. The number of aryl methyl sites for hydroxylation is 2. The summed E-state index contributed by atoms with van der Waals surface area (Å²) >= 11 is 0. The molecule has 0 N–H and O–H groups in total. The molecule has 0 amide bonds. The van der Waals surface area contributed by atoms with E-state index in [0.29, 0.717) is 17.7 Å². The Morgan fingerprint density at radius 1 is 1.17 bits per heavy atom. The van der Waals surface area contributed by atoms with Gasteiger partial charge in [-0.3, -0.25) is 0 Å². The lowest BCUT2D eigenvalue weighted by Crippen LogP contribution is -2.46. The van der Waals surface area contributed by atoms with Gasteiger partial charge in [0.1, 0.15) is 11.6 Å². The fourth-order valence-corrected chi connectivity index (χ4v) is 3.42. The minimum absolute atomic E-state index is 0.0696. The van der Waals surface area contributed by atoms with Crippen LogP contribution < -0.4 is 0 Å². The van der Waals surface area contributed by atoms with Crippen molar-refractivity contribution >= 4 is 11.8 Å². The van der Waals surface area contributed by atoms with Crippen LogP contribution in [-0.4, -0.2) is 37.6 Å². The van der Waals surface area contributed by atoms with Crippen molar-refractivity contribution in [2.24, 2.45) is 15.9 Å². The number of hydrogen-bond acceptors (Lipinski definition) is 4. The molecule has 2 atom stereocenters. The van der Waals surface area contributed by atoms with Crippen LogP contribution in [0.15, 0.2) is 28.2 Å². The van der Waals surface area contributed by atoms with E-state index in [2.05, 4.69) is 39.0 Å². The van der Waals surface area contributed by atoms with Crippen molar-refractivity contribution in [3.63, 3.8) is 0 Å². The van der Waals surface area contributed by atoms with Crippen LogP contribution in [0.3, 0.4) is 0 Å². The molecule has 0 saturated heterocycles. The molecule has 1 heterocycles. The summed E-state index contributed by atoms with van der Waals surface area (Å²) in [6, 6.07) is 6.67. The van der Waals surface area contributed by atoms with Crippen LogP contribution in [0, 0.1) is 5.92 Å². The highest BCUT2D eigenvalue weighted by molar-refractivity contribution is 5.96. The Morgan fingerprint density at radius 2 is 1.91 bits per heavy atom. The number of nitrogens with zero attached hydrogens (tertiary/aromatic N) is 2. The van der Waals surface area contributed by atoms with E-state index in [1.807, 2.05) is 0 Å². The summed E-state index contributed by atoms with van der Waals surface area (Å²) in [5.74, 6) is 1.71. The van der Waals surface area contributed by atoms with Crippen molar-refractivity contribution in [2.45, 2.75) is 51.6 Å². The number of rotatable bonds is 3. The molecule has 0 saturated carbocycles. The predicted molar refractivity (Wildman–Crippen MR) is 93.5 cm³/mol. The first-order valence-corrected chi connectivity index (χ1v) is 8.33. The quantitative estimate of drug-likeness (QED) is 0.860. The Kier molecular flexibility index (Phi) is 4.17. The smallest absolute Gasteiger partial charge is 0.212 e. The molecule has 3 rings (SSSR count). The largest absolute Gasteiger partial charge is 0.483 e. The number of methoxy groups -OCH3 is 2. The fourth-order valence-electron chi connectivity index (χ4n) is 3.42. The maximum absolute atomic E-state index is 5.61. The second-order valence-electron chi connectivity index (χ2n) is 7.04. The van der Waals surface area contributed by atoms with E-state index < -0.39 is 5.54 Å². The highest BCUT2D eigenvalue weighted by atomic mass is 16.5. The highest BCUT2D eigenvalue weighted by Gasteiger charge is 2.40. The second kappa shape index (κ2) is 5.99. The van der Waals surface area contributed by atoms with Crippen molar-refractivity contribution in [3.8, 4) is 0 Å². The Morgan fingerprint density at radius 3 is 2.43 bits per heavy atom. The summed E-state index contributed by atoms with van der Waals surface area (Å²) in [4.78, 5) is 9.69. The Bertz CT molecular complexity index is 663. The van der Waals surface area contributed by atoms with Crippen molar-refractivity contribution in [1.29, 1.82) is 0 Å². The van der Waals surface area contributed by atoms with Crippen LogP contribution in [0.1, 0.15) is 37.5 Å². The predicted octanol–water partition coefficient (Wildman–Crippen LogP) is 3.21. The normalized spacial score (nSPS) is 26.1. The Hall–Kier alpha value is -1.84. The first-order chi connectivity index (χ1) is 11.0. The van der Waals surface area contributed by atoms with Gasteiger partial charge in [-0.2, -0.15) is 0 Å². The van der Waals surface area contributed by atoms with E-state index in [0.717, 1.165) is 6.42 Å². The van der Waals surface area contributed by atoms with Gasteiger partial charge in [-0.1, -0.05) is 32.0 Å². The molecule has 0 bridgehead atoms. The Balaban J connectivity index is 1.92. The van der Waals surface area contributed by atoms with Crippen LogP contribution in [-0.2, 0) is 28.7 Å². The van der Waals surface area contributed by atoms with E-state index in [1.54, 1.807) is 14.2 Å². The lowest BCUT2D eigenvalue weighted by atomic mass is 9.84. The molecule has 4 nitrogen and oxygen atoms in total. The van der Waals surface area contributed by atoms with E-state index in [1.165, 1.54) is 29.5 Å². The molecule has 1 aromatic rings. The first kappa shape index (κ1) is 16.0. The van der Waals surface area contributed by atoms with E-state index >= 15 is 0 Å². The average molecular weight is 314 g/mol. The van der Waals surface area contributed by atoms with Crippen molar-refractivity contribution in [3.05, 3.63) is 34.9 Å². The number of fused-ring (bicyclic) bond motifs is 1. The van der Waals surface area contributed by atoms with Gasteiger partial charge in [0.2, 0.25) is 11.8 Å². The zero-order chi connectivity index (χ0) is 16.6. The fraction of sp³-hybridized carbons (Fsp3) is 0.579. The van der Waals surface area contributed by atoms with Gasteiger partial charge in [0.05, 0.1) is 14.2 Å². The first-order valence-electron chi connectivity index (χ1n) is 8.33. The van der Waals surface area contributed by atoms with Gasteiger partial charge in [0, 0.05) is 6.42 Å². The molecule has 0 unspecified atom stereocenters. The lowest BCUT2D eigenvalue weighted by molar-refractivity contribution is 0.309. The molecular weight excluding hydrogens is 288 g/mol. The molecule has 1 aliphatic carbocycles. The summed E-state index contributed by atoms with van der Waals surface area (Å²) in [5.41, 5.74) is 3.71. The van der Waals surface area contributed by atoms with Gasteiger partial charge in [-0.25, -0.2) is 9.98 Å². The van der Waals surface area contributed by atoms with Crippen LogP contribution in [0.5, 0.6) is 0 Å². The molecule has 0 fully saturated rings. The maximum atomic E-state index is 5.61. The third-order valence-corrected chi connectivity index (χ3v) is 4.84. The van der Waals surface area contributed by atoms with E-state index in [-0.39, 0.29) is 6.04 Å². The number of aliphatic imine (C=N–C) groups is 2. The van der Waals surface area contributed by atoms with Crippen molar-refractivity contribution in [2.75, 3.05) is 14.2 Å². The van der Waals surface area contributed by atoms with Crippen molar-refractivity contribution < 1.29 is 9.47 Å². The average Bonchev–Trinajstić information content (AvgIpc) is 2.49. The number of benzene rings is 1. The van der Waals surface area contributed by atoms with Gasteiger partial charge in [-0.05, 0) is 42.4 Å². The third kappa shape index (κ3) is 2.87. The molecule has 23 heavy (non-hydrogen) atoms. The Labute approximate surface area is 138 Å². The molecule has 0 aromatic heterocycles. The van der Waals surface area contributed by atoms with Crippen LogP contribution in [0.4, 0.5) is 0 Å². The summed E-state index contributed by atoms with van der Waals surface area (Å²) in [6.07, 6.45) is 3.16. The van der Waals surface area contributed by atoms with Gasteiger partial charge in [0.15, 0.2) is 0 Å². The molecule has 0 spiro atoms. The zero-order valence-electron chi connectivity index (χ0n) is 14.7. The molecule has 0 radical (unpaired) electrons. The number of ether oxygens (including phenoxy) is 2. The van der Waals surface area contributed by atoms with Crippen molar-refractivity contribution in [1.82, 2.24) is 0 Å². The maximum Gasteiger partial charge on any atom is 0.212 e. The molecular formula is C19H26N2O2. The van der Waals surface area contributed by atoms with Crippen LogP contribution in [0.2, 0.25) is 0 Å². The molecule has 1 aromatic carbocycles. The van der Waals surface area contributed by atoms with Gasteiger partial charge < -0.3 is 9.47 Å². The minimum atomic E-state index is -0.510.